The number of benzene rings is 10. The Labute approximate surface area is 432 Å². The minimum absolute atomic E-state index is 0.0745. The zero-order valence-electron chi connectivity index (χ0n) is 42.5. The molecule has 0 N–H and O–H groups in total. The number of nitrogens with zero attached hydrogens (tertiary/aromatic N) is 3. The highest BCUT2D eigenvalue weighted by atomic mass is 16.3. The lowest BCUT2D eigenvalue weighted by atomic mass is 9.33. The van der Waals surface area contributed by atoms with E-state index < -0.39 is 0 Å². The molecule has 4 heterocycles. The highest BCUT2D eigenvalue weighted by molar-refractivity contribution is 7.00. The van der Waals surface area contributed by atoms with Gasteiger partial charge in [0.25, 0.3) is 6.71 Å². The molecule has 2 aliphatic rings. The van der Waals surface area contributed by atoms with E-state index in [0.717, 1.165) is 94.8 Å². The van der Waals surface area contributed by atoms with Crippen LogP contribution in [0.1, 0.15) is 52.7 Å². The molecule has 2 aliphatic heterocycles. The van der Waals surface area contributed by atoms with Gasteiger partial charge in [0.1, 0.15) is 22.3 Å². The summed E-state index contributed by atoms with van der Waals surface area (Å²) in [4.78, 5) is 7.45. The average molecular weight is 956 g/mol. The van der Waals surface area contributed by atoms with Crippen LogP contribution in [-0.2, 0) is 10.8 Å². The molecule has 14 rings (SSSR count). The number of anilines is 9. The van der Waals surface area contributed by atoms with Crippen LogP contribution in [0.15, 0.2) is 227 Å². The molecule has 356 valence electrons. The second-order valence-electron chi connectivity index (χ2n) is 22.2. The third-order valence-electron chi connectivity index (χ3n) is 15.5. The van der Waals surface area contributed by atoms with E-state index in [4.69, 9.17) is 8.83 Å². The maximum atomic E-state index is 6.69. The minimum atomic E-state index is -0.0985. The van der Waals surface area contributed by atoms with Crippen LogP contribution in [0.2, 0.25) is 0 Å². The van der Waals surface area contributed by atoms with Gasteiger partial charge >= 0.3 is 0 Å². The Morgan fingerprint density at radius 1 is 0.351 bits per heavy atom. The van der Waals surface area contributed by atoms with Crippen molar-refractivity contribution in [3.05, 3.63) is 230 Å². The predicted octanol–water partition coefficient (Wildman–Crippen LogP) is 17.3. The summed E-state index contributed by atoms with van der Waals surface area (Å²) in [6, 6.07) is 80.1. The lowest BCUT2D eigenvalue weighted by molar-refractivity contribution is 0.590. The summed E-state index contributed by atoms with van der Waals surface area (Å²) in [5.74, 6) is 0. The lowest BCUT2D eigenvalue weighted by Crippen LogP contribution is -2.61. The van der Waals surface area contributed by atoms with E-state index >= 15 is 0 Å². The minimum Gasteiger partial charge on any atom is -0.456 e. The van der Waals surface area contributed by atoms with Crippen molar-refractivity contribution in [1.82, 2.24) is 0 Å². The number of para-hydroxylation sites is 4. The van der Waals surface area contributed by atoms with Crippen molar-refractivity contribution in [2.24, 2.45) is 0 Å². The molecule has 0 atom stereocenters. The fourth-order valence-corrected chi connectivity index (χ4v) is 11.8. The molecule has 0 saturated heterocycles. The zero-order chi connectivity index (χ0) is 50.0. The van der Waals surface area contributed by atoms with Crippen LogP contribution in [0.5, 0.6) is 0 Å². The third-order valence-corrected chi connectivity index (χ3v) is 15.5. The molecule has 0 amide bonds. The molecule has 0 bridgehead atoms. The molecule has 12 aromatic rings. The van der Waals surface area contributed by atoms with Crippen molar-refractivity contribution in [1.29, 1.82) is 0 Å². The molecule has 2 aromatic heterocycles. The Balaban J connectivity index is 1.05. The first kappa shape index (κ1) is 44.0. The van der Waals surface area contributed by atoms with Crippen LogP contribution in [-0.4, -0.2) is 6.71 Å². The monoisotopic (exact) mass is 955 g/mol. The van der Waals surface area contributed by atoms with Crippen molar-refractivity contribution in [3.8, 4) is 11.1 Å². The molecule has 5 nitrogen and oxygen atoms in total. The summed E-state index contributed by atoms with van der Waals surface area (Å²) < 4.78 is 13.1. The van der Waals surface area contributed by atoms with Crippen molar-refractivity contribution < 1.29 is 8.83 Å². The van der Waals surface area contributed by atoms with E-state index in [9.17, 15) is 0 Å². The molecule has 0 spiro atoms. The van der Waals surface area contributed by atoms with Crippen LogP contribution in [0, 0.1) is 0 Å². The number of fused-ring (bicyclic) bond motifs is 10. The van der Waals surface area contributed by atoms with Crippen LogP contribution >= 0.6 is 0 Å². The molecule has 74 heavy (non-hydrogen) atoms. The summed E-state index contributed by atoms with van der Waals surface area (Å²) in [6.45, 7) is 13.8. The van der Waals surface area contributed by atoms with Crippen molar-refractivity contribution in [3.63, 3.8) is 0 Å². The number of furan rings is 2. The van der Waals surface area contributed by atoms with Crippen LogP contribution in [0.25, 0.3) is 55.0 Å². The Hall–Kier alpha value is -8.74. The second-order valence-corrected chi connectivity index (χ2v) is 22.2. The fourth-order valence-electron chi connectivity index (χ4n) is 11.8. The molecule has 6 heteroatoms. The van der Waals surface area contributed by atoms with Gasteiger partial charge in [-0.05, 0) is 147 Å². The summed E-state index contributed by atoms with van der Waals surface area (Å²) in [5.41, 5.74) is 21.9. The number of hydrogen-bond donors (Lipinski definition) is 0. The number of rotatable bonds is 6. The highest BCUT2D eigenvalue weighted by Gasteiger charge is 2.45. The van der Waals surface area contributed by atoms with Gasteiger partial charge in [-0.3, -0.25) is 0 Å². The van der Waals surface area contributed by atoms with Gasteiger partial charge in [-0.2, -0.15) is 0 Å². The van der Waals surface area contributed by atoms with Gasteiger partial charge in [-0.15, -0.1) is 0 Å². The molecule has 0 fully saturated rings. The Morgan fingerprint density at radius 2 is 0.851 bits per heavy atom. The SMILES string of the molecule is CC(C)(C)c1ccc2c(c1)B1c3ccc(C(C)(C)C)cc3N(c3ccc4c(c3)oc3ccccc34)c3cc(N(c4ccccc4)c4ccccc4)cc(c31)N2c1ccc(-c2ccc3c(c2)oc2ccccc23)cc1. The first-order valence-electron chi connectivity index (χ1n) is 25.8. The predicted molar refractivity (Wildman–Crippen MR) is 313 cm³/mol. The van der Waals surface area contributed by atoms with E-state index in [-0.39, 0.29) is 17.5 Å². The molecule has 0 radical (unpaired) electrons. The van der Waals surface area contributed by atoms with Crippen LogP contribution < -0.4 is 31.1 Å². The molecular weight excluding hydrogens is 902 g/mol. The van der Waals surface area contributed by atoms with Crippen molar-refractivity contribution in [2.45, 2.75) is 52.4 Å². The topological polar surface area (TPSA) is 36.0 Å². The molecular formula is C68H54BN3O2. The Kier molecular flexibility index (Phi) is 9.75. The molecule has 0 unspecified atom stereocenters. The quantitative estimate of drug-likeness (QED) is 0.155. The molecule has 10 aromatic carbocycles. The van der Waals surface area contributed by atoms with Crippen molar-refractivity contribution in [2.75, 3.05) is 14.7 Å². The standard InChI is InChI=1S/C68H54BN3O2/c1-67(2,3)45-29-36-58-57(38-45)69-56-35-28-46(68(4,5)6)39-59(56)72(50-32-34-55-53-22-14-16-24-63(53)74-65(55)42-50)61-41-51(70(47-17-9-7-10-18-47)48-19-11-8-12-20-48)40-60(66(61)69)71(58)49-30-25-43(26-31-49)44-27-33-54-52-21-13-15-23-62(52)73-64(54)37-44/h7-42H,1-6H3. The molecule has 0 aliphatic carbocycles. The van der Waals surface area contributed by atoms with Gasteiger partial charge in [0, 0.05) is 73.1 Å². The number of hydrogen-bond acceptors (Lipinski definition) is 5. The van der Waals surface area contributed by atoms with Crippen LogP contribution in [0.3, 0.4) is 0 Å². The maximum Gasteiger partial charge on any atom is 0.252 e. The average Bonchev–Trinajstić information content (AvgIpc) is 3.99. The van der Waals surface area contributed by atoms with Gasteiger partial charge in [-0.1, -0.05) is 157 Å². The van der Waals surface area contributed by atoms with E-state index in [2.05, 4.69) is 256 Å². The molecule has 0 saturated carbocycles. The summed E-state index contributed by atoms with van der Waals surface area (Å²) in [6.07, 6.45) is 0. The largest absolute Gasteiger partial charge is 0.456 e. The van der Waals surface area contributed by atoms with Gasteiger partial charge in [0.05, 0.1) is 5.69 Å². The van der Waals surface area contributed by atoms with Gasteiger partial charge in [0.2, 0.25) is 0 Å². The zero-order valence-corrected chi connectivity index (χ0v) is 42.5. The second kappa shape index (κ2) is 16.4. The summed E-state index contributed by atoms with van der Waals surface area (Å²) in [5, 5.41) is 4.49. The maximum absolute atomic E-state index is 6.69. The first-order chi connectivity index (χ1) is 35.9. The van der Waals surface area contributed by atoms with E-state index in [1.807, 2.05) is 18.2 Å². The van der Waals surface area contributed by atoms with Crippen molar-refractivity contribution >= 4 is 118 Å². The van der Waals surface area contributed by atoms with E-state index in [1.165, 1.54) is 38.9 Å². The summed E-state index contributed by atoms with van der Waals surface area (Å²) in [7, 11) is 0. The fraction of sp³-hybridized carbons (Fsp3) is 0.118. The third kappa shape index (κ3) is 6.99. The first-order valence-corrected chi connectivity index (χ1v) is 25.8. The van der Waals surface area contributed by atoms with Gasteiger partial charge < -0.3 is 23.5 Å². The Morgan fingerprint density at radius 3 is 1.47 bits per heavy atom. The normalized spacial score (nSPS) is 13.2. The Bertz CT molecular complexity index is 4140. The summed E-state index contributed by atoms with van der Waals surface area (Å²) >= 11 is 0. The highest BCUT2D eigenvalue weighted by Crippen LogP contribution is 2.50. The van der Waals surface area contributed by atoms with E-state index in [1.54, 1.807) is 0 Å². The van der Waals surface area contributed by atoms with Crippen LogP contribution in [0.4, 0.5) is 51.2 Å². The van der Waals surface area contributed by atoms with Gasteiger partial charge in [0.15, 0.2) is 0 Å². The smallest absolute Gasteiger partial charge is 0.252 e. The van der Waals surface area contributed by atoms with E-state index in [0.29, 0.717) is 0 Å². The van der Waals surface area contributed by atoms with Gasteiger partial charge in [-0.25, -0.2) is 0 Å². The lowest BCUT2D eigenvalue weighted by Gasteiger charge is -2.45.